The molecule has 1 heterocycles. The van der Waals surface area contributed by atoms with E-state index in [0.29, 0.717) is 0 Å². The first-order chi connectivity index (χ1) is 7.79. The minimum Gasteiger partial charge on any atom is -0.469 e. The molecule has 0 aliphatic carbocycles. The molecule has 0 saturated carbocycles. The van der Waals surface area contributed by atoms with Crippen molar-refractivity contribution in [3.63, 3.8) is 0 Å². The van der Waals surface area contributed by atoms with Crippen molar-refractivity contribution < 1.29 is 9.53 Å². The molecule has 16 heavy (non-hydrogen) atoms. The summed E-state index contributed by atoms with van der Waals surface area (Å²) in [5, 5.41) is 0. The molecule has 1 aromatic rings. The molecule has 1 aliphatic heterocycles. The fourth-order valence-electron chi connectivity index (χ4n) is 1.72. The molecule has 2 nitrogen and oxygen atoms in total. The minimum atomic E-state index is -0.0936. The molecule has 1 unspecified atom stereocenters. The second-order valence-electron chi connectivity index (χ2n) is 3.76. The predicted octanol–water partition coefficient (Wildman–Crippen LogP) is 2.95. The third kappa shape index (κ3) is 2.67. The van der Waals surface area contributed by atoms with Gasteiger partial charge in [0.05, 0.1) is 13.0 Å². The summed E-state index contributed by atoms with van der Waals surface area (Å²) < 4.78 is 4.75. The minimum absolute atomic E-state index is 0.0324. The molecule has 1 aromatic carbocycles. The molecule has 3 heteroatoms. The zero-order valence-electron chi connectivity index (χ0n) is 9.18. The first-order valence-electron chi connectivity index (χ1n) is 5.26. The zero-order valence-corrected chi connectivity index (χ0v) is 10.00. The molecule has 0 radical (unpaired) electrons. The number of carbonyl (C=O) groups is 1. The molecule has 1 saturated heterocycles. The number of methoxy groups -OCH3 is 1. The van der Waals surface area contributed by atoms with Gasteiger partial charge in [0, 0.05) is 5.75 Å². The monoisotopic (exact) mass is 234 g/mol. The predicted molar refractivity (Wildman–Crippen MR) is 67.0 cm³/mol. The van der Waals surface area contributed by atoms with Gasteiger partial charge in [0.25, 0.3) is 0 Å². The highest BCUT2D eigenvalue weighted by Crippen LogP contribution is 2.36. The molecule has 2 rings (SSSR count). The Morgan fingerprint density at radius 3 is 2.88 bits per heavy atom. The highest BCUT2D eigenvalue weighted by Gasteiger charge is 2.27. The Hall–Kier alpha value is -1.22. The maximum Gasteiger partial charge on any atom is 0.309 e. The van der Waals surface area contributed by atoms with Crippen molar-refractivity contribution in [1.29, 1.82) is 0 Å². The Morgan fingerprint density at radius 2 is 2.19 bits per heavy atom. The van der Waals surface area contributed by atoms with Crippen molar-refractivity contribution in [3.8, 4) is 0 Å². The maximum absolute atomic E-state index is 11.3. The average molecular weight is 234 g/mol. The van der Waals surface area contributed by atoms with Crippen molar-refractivity contribution in [2.24, 2.45) is 5.92 Å². The molecule has 0 bridgehead atoms. The number of esters is 1. The highest BCUT2D eigenvalue weighted by molar-refractivity contribution is 8.03. The van der Waals surface area contributed by atoms with Crippen LogP contribution in [0.2, 0.25) is 0 Å². The molecule has 0 N–H and O–H groups in total. The summed E-state index contributed by atoms with van der Waals surface area (Å²) in [6.07, 6.45) is 2.96. The van der Waals surface area contributed by atoms with Gasteiger partial charge >= 0.3 is 5.97 Å². The molecular weight excluding hydrogens is 220 g/mol. The third-order valence-electron chi connectivity index (χ3n) is 2.58. The number of allylic oxidation sites excluding steroid dienone is 1. The molecule has 0 spiro atoms. The van der Waals surface area contributed by atoms with Gasteiger partial charge in [-0.05, 0) is 23.0 Å². The van der Waals surface area contributed by atoms with Gasteiger partial charge in [-0.1, -0.05) is 30.3 Å². The highest BCUT2D eigenvalue weighted by atomic mass is 32.2. The van der Waals surface area contributed by atoms with E-state index in [1.54, 1.807) is 11.8 Å². The van der Waals surface area contributed by atoms with Gasteiger partial charge < -0.3 is 4.74 Å². The second kappa shape index (κ2) is 5.21. The quantitative estimate of drug-likeness (QED) is 0.736. The Labute approximate surface area is 99.7 Å². The lowest BCUT2D eigenvalue weighted by Crippen LogP contribution is -2.14. The van der Waals surface area contributed by atoms with Gasteiger partial charge in [-0.3, -0.25) is 4.79 Å². The van der Waals surface area contributed by atoms with E-state index >= 15 is 0 Å². The fourth-order valence-corrected chi connectivity index (χ4v) is 2.93. The lowest BCUT2D eigenvalue weighted by Gasteiger charge is -2.03. The van der Waals surface area contributed by atoms with Crippen LogP contribution in [0.15, 0.2) is 35.2 Å². The van der Waals surface area contributed by atoms with Crippen LogP contribution < -0.4 is 0 Å². The first kappa shape index (κ1) is 11.3. The molecule has 0 amide bonds. The molecule has 84 valence electrons. The van der Waals surface area contributed by atoms with Crippen LogP contribution in [0.25, 0.3) is 6.08 Å². The Kier molecular flexibility index (Phi) is 3.67. The Balaban J connectivity index is 2.04. The van der Waals surface area contributed by atoms with E-state index in [2.05, 4.69) is 18.2 Å². The zero-order chi connectivity index (χ0) is 11.4. The van der Waals surface area contributed by atoms with Crippen molar-refractivity contribution in [3.05, 3.63) is 40.8 Å². The van der Waals surface area contributed by atoms with E-state index in [0.717, 1.165) is 12.2 Å². The van der Waals surface area contributed by atoms with Crippen molar-refractivity contribution in [2.45, 2.75) is 6.42 Å². The van der Waals surface area contributed by atoms with Crippen LogP contribution in [0.5, 0.6) is 0 Å². The number of rotatable bonds is 2. The summed E-state index contributed by atoms with van der Waals surface area (Å²) in [4.78, 5) is 12.6. The van der Waals surface area contributed by atoms with E-state index < -0.39 is 0 Å². The average Bonchev–Trinajstić information content (AvgIpc) is 2.78. The largest absolute Gasteiger partial charge is 0.469 e. The van der Waals surface area contributed by atoms with Crippen LogP contribution in [0, 0.1) is 5.92 Å². The molecule has 0 aromatic heterocycles. The molecule has 1 aliphatic rings. The number of hydrogen-bond donors (Lipinski definition) is 0. The number of hydrogen-bond acceptors (Lipinski definition) is 3. The lowest BCUT2D eigenvalue weighted by molar-refractivity contribution is -0.144. The number of thioether (sulfide) groups is 1. The van der Waals surface area contributed by atoms with Gasteiger partial charge in [0.1, 0.15) is 0 Å². The smallest absolute Gasteiger partial charge is 0.309 e. The SMILES string of the molecule is COC(=O)C1CS/C(=C/c2ccccc2)C1. The second-order valence-corrected chi connectivity index (χ2v) is 4.90. The summed E-state index contributed by atoms with van der Waals surface area (Å²) in [5.41, 5.74) is 1.19. The molecule has 1 fully saturated rings. The summed E-state index contributed by atoms with van der Waals surface area (Å²) in [6, 6.07) is 10.2. The summed E-state index contributed by atoms with van der Waals surface area (Å²) in [5.74, 6) is 0.777. The Morgan fingerprint density at radius 1 is 1.44 bits per heavy atom. The van der Waals surface area contributed by atoms with E-state index in [1.165, 1.54) is 17.6 Å². The van der Waals surface area contributed by atoms with Crippen LogP contribution in [0.3, 0.4) is 0 Å². The van der Waals surface area contributed by atoms with Crippen LogP contribution >= 0.6 is 11.8 Å². The lowest BCUT2D eigenvalue weighted by atomic mass is 10.1. The van der Waals surface area contributed by atoms with E-state index in [-0.39, 0.29) is 11.9 Å². The van der Waals surface area contributed by atoms with Crippen molar-refractivity contribution >= 4 is 23.8 Å². The number of benzene rings is 1. The van der Waals surface area contributed by atoms with Crippen molar-refractivity contribution in [1.82, 2.24) is 0 Å². The standard InChI is InChI=1S/C13H14O2S/c1-15-13(14)11-8-12(16-9-11)7-10-5-3-2-4-6-10/h2-7,11H,8-9H2,1H3/b12-7+. The number of carbonyl (C=O) groups excluding carboxylic acids is 1. The van der Waals surface area contributed by atoms with Gasteiger partial charge in [-0.2, -0.15) is 0 Å². The van der Waals surface area contributed by atoms with Gasteiger partial charge in [-0.15, -0.1) is 11.8 Å². The van der Waals surface area contributed by atoms with Crippen LogP contribution in [0.1, 0.15) is 12.0 Å². The number of ether oxygens (including phenoxy) is 1. The van der Waals surface area contributed by atoms with E-state index in [4.69, 9.17) is 4.74 Å². The van der Waals surface area contributed by atoms with Crippen LogP contribution in [0.4, 0.5) is 0 Å². The summed E-state index contributed by atoms with van der Waals surface area (Å²) >= 11 is 1.75. The van der Waals surface area contributed by atoms with E-state index in [9.17, 15) is 4.79 Å². The normalized spacial score (nSPS) is 22.3. The van der Waals surface area contributed by atoms with Gasteiger partial charge in [0.15, 0.2) is 0 Å². The van der Waals surface area contributed by atoms with Crippen LogP contribution in [-0.2, 0) is 9.53 Å². The fraction of sp³-hybridized carbons (Fsp3) is 0.308. The third-order valence-corrected chi connectivity index (χ3v) is 3.80. The van der Waals surface area contributed by atoms with Gasteiger partial charge in [0.2, 0.25) is 0 Å². The Bertz CT molecular complexity index is 398. The van der Waals surface area contributed by atoms with E-state index in [1.807, 2.05) is 18.2 Å². The topological polar surface area (TPSA) is 26.3 Å². The van der Waals surface area contributed by atoms with Crippen LogP contribution in [-0.4, -0.2) is 18.8 Å². The molecular formula is C13H14O2S. The molecule has 1 atom stereocenters. The summed E-state index contributed by atoms with van der Waals surface area (Å²) in [7, 11) is 1.45. The summed E-state index contributed by atoms with van der Waals surface area (Å²) in [6.45, 7) is 0. The maximum atomic E-state index is 11.3. The van der Waals surface area contributed by atoms with Crippen molar-refractivity contribution in [2.75, 3.05) is 12.9 Å². The van der Waals surface area contributed by atoms with Gasteiger partial charge in [-0.25, -0.2) is 0 Å². The first-order valence-corrected chi connectivity index (χ1v) is 6.24.